The summed E-state index contributed by atoms with van der Waals surface area (Å²) in [7, 11) is -3.54. The van der Waals surface area contributed by atoms with Gasteiger partial charge in [-0.25, -0.2) is 8.42 Å². The third-order valence-corrected chi connectivity index (χ3v) is 5.47. The van der Waals surface area contributed by atoms with E-state index in [1.165, 1.54) is 4.31 Å². The van der Waals surface area contributed by atoms with Gasteiger partial charge in [0.05, 0.1) is 16.6 Å². The molecule has 0 spiro atoms. The summed E-state index contributed by atoms with van der Waals surface area (Å²) in [5.74, 6) is 0.179. The van der Waals surface area contributed by atoms with Gasteiger partial charge in [-0.2, -0.15) is 4.31 Å². The zero-order valence-corrected chi connectivity index (χ0v) is 13.5. The Hall–Kier alpha value is -0.620. The van der Waals surface area contributed by atoms with Gasteiger partial charge in [0.2, 0.25) is 10.0 Å². The van der Waals surface area contributed by atoms with Crippen LogP contribution >= 0.6 is 11.6 Å². The third kappa shape index (κ3) is 3.17. The minimum absolute atomic E-state index is 0.128. The molecule has 1 fully saturated rings. The van der Waals surface area contributed by atoms with Gasteiger partial charge in [0.15, 0.2) is 0 Å². The second-order valence-electron chi connectivity index (χ2n) is 5.73. The van der Waals surface area contributed by atoms with Crippen LogP contribution in [0.3, 0.4) is 0 Å². The van der Waals surface area contributed by atoms with E-state index in [9.17, 15) is 8.42 Å². The van der Waals surface area contributed by atoms with Crippen molar-refractivity contribution in [2.24, 2.45) is 0 Å². The quantitative estimate of drug-likeness (QED) is 0.805. The fraction of sp³-hybridized carbons (Fsp3) is 0.571. The van der Waals surface area contributed by atoms with E-state index in [0.717, 1.165) is 0 Å². The number of nitrogens with zero attached hydrogens (tertiary/aromatic N) is 1. The molecule has 1 unspecified atom stereocenters. The van der Waals surface area contributed by atoms with E-state index in [2.05, 4.69) is 0 Å². The molecule has 1 aliphatic rings. The number of sulfonamides is 1. The van der Waals surface area contributed by atoms with E-state index >= 15 is 0 Å². The number of alkyl halides is 1. The number of benzene rings is 1. The van der Waals surface area contributed by atoms with Crippen LogP contribution < -0.4 is 0 Å². The molecule has 1 aromatic rings. The molecular formula is C14H20ClNO3S. The van der Waals surface area contributed by atoms with Crippen LogP contribution in [0, 0.1) is 0 Å². The smallest absolute Gasteiger partial charge is 0.243 e. The highest BCUT2D eigenvalue weighted by atomic mass is 35.5. The number of hydrogen-bond acceptors (Lipinski definition) is 3. The van der Waals surface area contributed by atoms with Crippen molar-refractivity contribution in [2.75, 3.05) is 13.1 Å². The average Bonchev–Trinajstić information content (AvgIpc) is 2.36. The molecule has 2 rings (SSSR count). The molecule has 1 saturated heterocycles. The first-order chi connectivity index (χ1) is 9.26. The van der Waals surface area contributed by atoms with Crippen molar-refractivity contribution in [1.82, 2.24) is 4.31 Å². The third-order valence-electron chi connectivity index (χ3n) is 3.27. The van der Waals surface area contributed by atoms with E-state index in [0.29, 0.717) is 23.5 Å². The van der Waals surface area contributed by atoms with Crippen LogP contribution in [0.4, 0.5) is 0 Å². The highest BCUT2D eigenvalue weighted by Crippen LogP contribution is 2.28. The summed E-state index contributed by atoms with van der Waals surface area (Å²) in [5.41, 5.74) is 0.145. The van der Waals surface area contributed by atoms with Crippen LogP contribution in [0.25, 0.3) is 0 Å². The molecular weight excluding hydrogens is 298 g/mol. The predicted molar refractivity (Wildman–Crippen MR) is 79.4 cm³/mol. The second-order valence-corrected chi connectivity index (χ2v) is 7.90. The molecule has 20 heavy (non-hydrogen) atoms. The average molecular weight is 318 g/mol. The highest BCUT2D eigenvalue weighted by molar-refractivity contribution is 7.89. The lowest BCUT2D eigenvalue weighted by Gasteiger charge is -2.41. The number of ether oxygens (including phenoxy) is 1. The fourth-order valence-electron chi connectivity index (χ4n) is 2.58. The van der Waals surface area contributed by atoms with E-state index in [-0.39, 0.29) is 12.0 Å². The molecule has 1 aromatic carbocycles. The maximum absolute atomic E-state index is 12.8. The molecule has 1 aliphatic heterocycles. The summed E-state index contributed by atoms with van der Waals surface area (Å²) < 4.78 is 32.9. The van der Waals surface area contributed by atoms with Crippen LogP contribution in [0.5, 0.6) is 0 Å². The second kappa shape index (κ2) is 5.64. The minimum Gasteiger partial charge on any atom is -0.370 e. The van der Waals surface area contributed by atoms with Crippen molar-refractivity contribution in [3.63, 3.8) is 0 Å². The number of hydrogen-bond donors (Lipinski definition) is 0. The van der Waals surface area contributed by atoms with E-state index in [4.69, 9.17) is 16.3 Å². The minimum atomic E-state index is -3.54. The predicted octanol–water partition coefficient (Wildman–Crippen LogP) is 2.61. The summed E-state index contributed by atoms with van der Waals surface area (Å²) in [6.45, 7) is 6.40. The Balaban J connectivity index is 2.39. The van der Waals surface area contributed by atoms with Crippen molar-refractivity contribution < 1.29 is 13.2 Å². The molecule has 1 heterocycles. The summed E-state index contributed by atoms with van der Waals surface area (Å²) in [4.78, 5) is 0.292. The first kappa shape index (κ1) is 15.8. The maximum atomic E-state index is 12.8. The number of morpholine rings is 1. The number of halogens is 1. The zero-order chi connectivity index (χ0) is 15.0. The Bertz CT molecular complexity index is 586. The van der Waals surface area contributed by atoms with Crippen molar-refractivity contribution in [2.45, 2.75) is 43.3 Å². The standard InChI is InChI=1S/C14H20ClNO3S/c1-11-9-16(10-14(2,3)19-11)20(17,18)13-7-5-4-6-12(13)8-15/h4-7,11H,8-10H2,1-3H3. The SMILES string of the molecule is CC1CN(S(=O)(=O)c2ccccc2CCl)CC(C)(C)O1. The van der Waals surface area contributed by atoms with Crippen molar-refractivity contribution in [3.8, 4) is 0 Å². The maximum Gasteiger partial charge on any atom is 0.243 e. The van der Waals surface area contributed by atoms with Crippen LogP contribution in [0.2, 0.25) is 0 Å². The van der Waals surface area contributed by atoms with E-state index in [1.54, 1.807) is 24.3 Å². The van der Waals surface area contributed by atoms with E-state index < -0.39 is 15.6 Å². The first-order valence-electron chi connectivity index (χ1n) is 6.58. The van der Waals surface area contributed by atoms with Crippen molar-refractivity contribution >= 4 is 21.6 Å². The van der Waals surface area contributed by atoms with Crippen LogP contribution in [0.15, 0.2) is 29.2 Å². The molecule has 0 aliphatic carbocycles. The molecule has 0 aromatic heterocycles. The molecule has 0 N–H and O–H groups in total. The van der Waals surface area contributed by atoms with Gasteiger partial charge in [-0.15, -0.1) is 11.6 Å². The molecule has 112 valence electrons. The summed E-state index contributed by atoms with van der Waals surface area (Å²) in [6, 6.07) is 6.87. The Morgan fingerprint density at radius 1 is 1.40 bits per heavy atom. The number of rotatable bonds is 3. The van der Waals surface area contributed by atoms with Gasteiger partial charge in [-0.05, 0) is 32.4 Å². The molecule has 0 saturated carbocycles. The summed E-state index contributed by atoms with van der Waals surface area (Å²) in [5, 5.41) is 0. The van der Waals surface area contributed by atoms with Crippen molar-refractivity contribution in [3.05, 3.63) is 29.8 Å². The monoisotopic (exact) mass is 317 g/mol. The Morgan fingerprint density at radius 2 is 2.05 bits per heavy atom. The van der Waals surface area contributed by atoms with Crippen LogP contribution in [0.1, 0.15) is 26.3 Å². The molecule has 1 atom stereocenters. The van der Waals surface area contributed by atoms with Crippen LogP contribution in [-0.4, -0.2) is 37.5 Å². The molecule has 0 bridgehead atoms. The van der Waals surface area contributed by atoms with Gasteiger partial charge in [-0.1, -0.05) is 18.2 Å². The largest absolute Gasteiger partial charge is 0.370 e. The molecule has 0 amide bonds. The van der Waals surface area contributed by atoms with Gasteiger partial charge in [0.1, 0.15) is 0 Å². The summed E-state index contributed by atoms with van der Waals surface area (Å²) in [6.07, 6.45) is -0.128. The Labute approximate surface area is 125 Å². The lowest BCUT2D eigenvalue weighted by atomic mass is 10.1. The Morgan fingerprint density at radius 3 is 2.65 bits per heavy atom. The highest BCUT2D eigenvalue weighted by Gasteiger charge is 2.38. The van der Waals surface area contributed by atoms with Gasteiger partial charge in [-0.3, -0.25) is 0 Å². The topological polar surface area (TPSA) is 46.6 Å². The van der Waals surface area contributed by atoms with E-state index in [1.807, 2.05) is 20.8 Å². The van der Waals surface area contributed by atoms with Gasteiger partial charge < -0.3 is 4.74 Å². The normalized spacial score (nSPS) is 23.7. The zero-order valence-electron chi connectivity index (χ0n) is 12.0. The van der Waals surface area contributed by atoms with Crippen molar-refractivity contribution in [1.29, 1.82) is 0 Å². The Kier molecular flexibility index (Phi) is 4.44. The lowest BCUT2D eigenvalue weighted by molar-refractivity contribution is -0.109. The molecule has 4 nitrogen and oxygen atoms in total. The van der Waals surface area contributed by atoms with Gasteiger partial charge in [0.25, 0.3) is 0 Å². The molecule has 6 heteroatoms. The van der Waals surface area contributed by atoms with Gasteiger partial charge in [0, 0.05) is 19.0 Å². The molecule has 0 radical (unpaired) electrons. The fourth-order valence-corrected chi connectivity index (χ4v) is 4.78. The van der Waals surface area contributed by atoms with Gasteiger partial charge >= 0.3 is 0 Å². The summed E-state index contributed by atoms with van der Waals surface area (Å²) >= 11 is 5.85. The lowest BCUT2D eigenvalue weighted by Crippen LogP contribution is -2.53. The first-order valence-corrected chi connectivity index (χ1v) is 8.55. The van der Waals surface area contributed by atoms with Crippen LogP contribution in [-0.2, 0) is 20.6 Å².